The molecule has 0 amide bonds. The quantitative estimate of drug-likeness (QED) is 0.376. The van der Waals surface area contributed by atoms with Crippen molar-refractivity contribution >= 4 is 45.3 Å². The number of thiazole rings is 1. The predicted molar refractivity (Wildman–Crippen MR) is 143 cm³/mol. The molecule has 1 atom stereocenters. The maximum Gasteiger partial charge on any atom is 0.344 e. The van der Waals surface area contributed by atoms with E-state index in [0.717, 1.165) is 11.1 Å². The van der Waals surface area contributed by atoms with Gasteiger partial charge in [-0.3, -0.25) is 9.36 Å². The van der Waals surface area contributed by atoms with Gasteiger partial charge in [-0.1, -0.05) is 54.7 Å². The van der Waals surface area contributed by atoms with Crippen LogP contribution in [0.25, 0.3) is 6.08 Å². The molecule has 2 heterocycles. The number of allylic oxidation sites excluding steroid dienone is 1. The Labute approximate surface area is 225 Å². The zero-order valence-electron chi connectivity index (χ0n) is 20.5. The van der Waals surface area contributed by atoms with Gasteiger partial charge in [0.15, 0.2) is 11.4 Å². The van der Waals surface area contributed by atoms with Gasteiger partial charge in [0.2, 0.25) is 0 Å². The van der Waals surface area contributed by atoms with Crippen LogP contribution in [0.3, 0.4) is 0 Å². The standard InChI is InChI=1S/C27H25BrN2O6S/c1-4-19-23(26(33)34-3)24(17-9-7-6-8-10-17)30-25(32)21(37-27(30)29-19)14-16-11-12-20(18(28)13-16)36-15-22(31)35-5-2/h6-14,24H,4-5,15H2,1-3H3/b21-14-/t24-/m1/s1. The highest BCUT2D eigenvalue weighted by Gasteiger charge is 2.33. The van der Waals surface area contributed by atoms with Gasteiger partial charge in [0.1, 0.15) is 5.75 Å². The number of ether oxygens (including phenoxy) is 3. The maximum absolute atomic E-state index is 13.7. The maximum atomic E-state index is 13.7. The minimum Gasteiger partial charge on any atom is -0.481 e. The van der Waals surface area contributed by atoms with Crippen LogP contribution in [0.15, 0.2) is 74.1 Å². The van der Waals surface area contributed by atoms with Crippen LogP contribution in [-0.4, -0.2) is 36.8 Å². The van der Waals surface area contributed by atoms with Gasteiger partial charge in [-0.15, -0.1) is 0 Å². The van der Waals surface area contributed by atoms with Crippen LogP contribution in [0.4, 0.5) is 0 Å². The molecule has 0 spiro atoms. The van der Waals surface area contributed by atoms with E-state index in [-0.39, 0.29) is 18.8 Å². The molecule has 0 saturated carbocycles. The lowest BCUT2D eigenvalue weighted by molar-refractivity contribution is -0.145. The minimum absolute atomic E-state index is 0.202. The van der Waals surface area contributed by atoms with E-state index in [4.69, 9.17) is 14.2 Å². The van der Waals surface area contributed by atoms with Crippen molar-refractivity contribution in [3.63, 3.8) is 0 Å². The highest BCUT2D eigenvalue weighted by molar-refractivity contribution is 9.10. The first-order valence-corrected chi connectivity index (χ1v) is 13.2. The van der Waals surface area contributed by atoms with E-state index in [0.29, 0.717) is 37.2 Å². The molecule has 0 N–H and O–H groups in total. The zero-order chi connectivity index (χ0) is 26.5. The average molecular weight is 585 g/mol. The van der Waals surface area contributed by atoms with Gasteiger partial charge in [0.25, 0.3) is 5.56 Å². The summed E-state index contributed by atoms with van der Waals surface area (Å²) in [5.74, 6) is -0.484. The molecular formula is C27H25BrN2O6S. The lowest BCUT2D eigenvalue weighted by atomic mass is 9.95. The number of fused-ring (bicyclic) bond motifs is 1. The molecule has 0 fully saturated rings. The predicted octanol–water partition coefficient (Wildman–Crippen LogP) is 3.50. The summed E-state index contributed by atoms with van der Waals surface area (Å²) in [5.41, 5.74) is 2.25. The molecule has 1 aliphatic rings. The third-order valence-electron chi connectivity index (χ3n) is 5.67. The highest BCUT2D eigenvalue weighted by atomic mass is 79.9. The van der Waals surface area contributed by atoms with E-state index < -0.39 is 18.0 Å². The van der Waals surface area contributed by atoms with Crippen LogP contribution < -0.4 is 19.6 Å². The third kappa shape index (κ3) is 5.60. The number of carbonyl (C=O) groups is 2. The largest absolute Gasteiger partial charge is 0.481 e. The Bertz CT molecular complexity index is 1540. The molecular weight excluding hydrogens is 560 g/mol. The minimum atomic E-state index is -0.646. The van der Waals surface area contributed by atoms with Crippen molar-refractivity contribution < 1.29 is 23.8 Å². The molecule has 0 bridgehead atoms. The molecule has 4 rings (SSSR count). The summed E-state index contributed by atoms with van der Waals surface area (Å²) in [6.07, 6.45) is 2.28. The number of halogens is 1. The van der Waals surface area contributed by atoms with Crippen molar-refractivity contribution in [2.45, 2.75) is 26.3 Å². The Balaban J connectivity index is 1.78. The van der Waals surface area contributed by atoms with Crippen LogP contribution >= 0.6 is 27.3 Å². The molecule has 8 nitrogen and oxygen atoms in total. The number of benzene rings is 2. The lowest BCUT2D eigenvalue weighted by Crippen LogP contribution is -2.40. The average Bonchev–Trinajstić information content (AvgIpc) is 3.21. The molecule has 0 aliphatic carbocycles. The van der Waals surface area contributed by atoms with Crippen molar-refractivity contribution in [3.05, 3.63) is 95.1 Å². The smallest absolute Gasteiger partial charge is 0.344 e. The van der Waals surface area contributed by atoms with Crippen molar-refractivity contribution in [3.8, 4) is 5.75 Å². The summed E-state index contributed by atoms with van der Waals surface area (Å²) in [7, 11) is 1.33. The van der Waals surface area contributed by atoms with E-state index in [1.807, 2.05) is 37.3 Å². The van der Waals surface area contributed by atoms with Gasteiger partial charge >= 0.3 is 11.9 Å². The van der Waals surface area contributed by atoms with E-state index >= 15 is 0 Å². The molecule has 37 heavy (non-hydrogen) atoms. The molecule has 3 aromatic rings. The van der Waals surface area contributed by atoms with Gasteiger partial charge in [0.05, 0.1) is 40.0 Å². The lowest BCUT2D eigenvalue weighted by Gasteiger charge is -2.25. The number of hydrogen-bond acceptors (Lipinski definition) is 8. The van der Waals surface area contributed by atoms with Crippen molar-refractivity contribution in [1.29, 1.82) is 0 Å². The van der Waals surface area contributed by atoms with E-state index in [1.54, 1.807) is 35.8 Å². The molecule has 0 unspecified atom stereocenters. The summed E-state index contributed by atoms with van der Waals surface area (Å²) >= 11 is 4.72. The summed E-state index contributed by atoms with van der Waals surface area (Å²) in [5, 5.41) is 0. The third-order valence-corrected chi connectivity index (χ3v) is 7.27. The normalized spacial score (nSPS) is 15.1. The van der Waals surface area contributed by atoms with Gasteiger partial charge in [0, 0.05) is 0 Å². The summed E-state index contributed by atoms with van der Waals surface area (Å²) in [6, 6.07) is 14.0. The fourth-order valence-electron chi connectivity index (χ4n) is 4.03. The Morgan fingerprint density at radius 1 is 1.16 bits per heavy atom. The van der Waals surface area contributed by atoms with E-state index in [9.17, 15) is 14.4 Å². The Morgan fingerprint density at radius 2 is 1.92 bits per heavy atom. The molecule has 0 radical (unpaired) electrons. The summed E-state index contributed by atoms with van der Waals surface area (Å²) in [6.45, 7) is 3.73. The number of rotatable bonds is 8. The Hall–Kier alpha value is -3.50. The van der Waals surface area contributed by atoms with Crippen LogP contribution in [0.2, 0.25) is 0 Å². The number of nitrogens with zero attached hydrogens (tertiary/aromatic N) is 2. The van der Waals surface area contributed by atoms with Gasteiger partial charge in [-0.2, -0.15) is 0 Å². The Kier molecular flexibility index (Phi) is 8.40. The number of esters is 2. The number of aromatic nitrogens is 1. The van der Waals surface area contributed by atoms with Crippen LogP contribution in [-0.2, 0) is 19.1 Å². The van der Waals surface area contributed by atoms with Gasteiger partial charge in [-0.25, -0.2) is 14.6 Å². The topological polar surface area (TPSA) is 96.2 Å². The zero-order valence-corrected chi connectivity index (χ0v) is 22.9. The molecule has 1 aliphatic heterocycles. The second-order valence-electron chi connectivity index (χ2n) is 7.98. The first-order chi connectivity index (χ1) is 17.9. The van der Waals surface area contributed by atoms with Crippen molar-refractivity contribution in [2.24, 2.45) is 4.99 Å². The fraction of sp³-hybridized carbons (Fsp3) is 0.259. The second-order valence-corrected chi connectivity index (χ2v) is 9.85. The van der Waals surface area contributed by atoms with Gasteiger partial charge < -0.3 is 14.2 Å². The number of hydrogen-bond donors (Lipinski definition) is 0. The van der Waals surface area contributed by atoms with Crippen molar-refractivity contribution in [1.82, 2.24) is 4.57 Å². The van der Waals surface area contributed by atoms with Crippen molar-refractivity contribution in [2.75, 3.05) is 20.3 Å². The highest BCUT2D eigenvalue weighted by Crippen LogP contribution is 2.31. The van der Waals surface area contributed by atoms with Crippen LogP contribution in [0.5, 0.6) is 5.75 Å². The summed E-state index contributed by atoms with van der Waals surface area (Å²) < 4.78 is 18.1. The van der Waals surface area contributed by atoms with E-state index in [2.05, 4.69) is 20.9 Å². The first kappa shape index (κ1) is 26.6. The molecule has 10 heteroatoms. The monoisotopic (exact) mass is 584 g/mol. The molecule has 192 valence electrons. The molecule has 1 aromatic heterocycles. The Morgan fingerprint density at radius 3 is 2.57 bits per heavy atom. The SMILES string of the molecule is CCOC(=O)COc1ccc(/C=c2\sc3n(c2=O)[C@H](c2ccccc2)C(C(=O)OC)=C(CC)N=3)cc1Br. The van der Waals surface area contributed by atoms with E-state index in [1.165, 1.54) is 18.4 Å². The second kappa shape index (κ2) is 11.7. The number of methoxy groups -OCH3 is 1. The molecule has 2 aromatic carbocycles. The van der Waals surface area contributed by atoms with Crippen LogP contribution in [0, 0.1) is 0 Å². The fourth-order valence-corrected chi connectivity index (χ4v) is 5.56. The van der Waals surface area contributed by atoms with Gasteiger partial charge in [-0.05, 0) is 58.6 Å². The van der Waals surface area contributed by atoms with Crippen LogP contribution in [0.1, 0.15) is 37.4 Å². The number of carbonyl (C=O) groups excluding carboxylic acids is 2. The summed E-state index contributed by atoms with van der Waals surface area (Å²) in [4.78, 5) is 43.3. The first-order valence-electron chi connectivity index (χ1n) is 11.6. The molecule has 0 saturated heterocycles.